The minimum Gasteiger partial charge on any atom is -0.277 e. The molecule has 3 aromatic heterocycles. The minimum atomic E-state index is 0.586. The summed E-state index contributed by atoms with van der Waals surface area (Å²) in [5.41, 5.74) is 1.37. The Morgan fingerprint density at radius 2 is 2.17 bits per heavy atom. The van der Waals surface area contributed by atoms with Crippen molar-refractivity contribution in [1.82, 2.24) is 19.6 Å². The summed E-state index contributed by atoms with van der Waals surface area (Å²) in [7, 11) is 0. The maximum Gasteiger partial charge on any atom is 0.200 e. The number of hydrogen-bond donors (Lipinski definition) is 0. The van der Waals surface area contributed by atoms with Gasteiger partial charge in [0.25, 0.3) is 0 Å². The highest BCUT2D eigenvalue weighted by atomic mass is 32.2. The van der Waals surface area contributed by atoms with E-state index in [0.29, 0.717) is 5.56 Å². The SMILES string of the molecule is N#Cc1ccncc1Sc1nnc2ccccn12. The Hall–Kier alpha value is -2.39. The summed E-state index contributed by atoms with van der Waals surface area (Å²) in [4.78, 5) is 4.80. The van der Waals surface area contributed by atoms with Crippen molar-refractivity contribution >= 4 is 17.4 Å². The molecule has 3 aromatic rings. The molecule has 0 fully saturated rings. The van der Waals surface area contributed by atoms with Gasteiger partial charge in [-0.15, -0.1) is 10.2 Å². The van der Waals surface area contributed by atoms with Crippen LogP contribution in [0.1, 0.15) is 5.56 Å². The van der Waals surface area contributed by atoms with Crippen LogP contribution in [0, 0.1) is 11.3 Å². The lowest BCUT2D eigenvalue weighted by Crippen LogP contribution is -1.88. The first-order valence-corrected chi connectivity index (χ1v) is 6.02. The number of nitrogens with zero attached hydrogens (tertiary/aromatic N) is 5. The van der Waals surface area contributed by atoms with Gasteiger partial charge >= 0.3 is 0 Å². The summed E-state index contributed by atoms with van der Waals surface area (Å²) in [5.74, 6) is 0. The second-order valence-electron chi connectivity index (χ2n) is 3.50. The molecule has 0 N–H and O–H groups in total. The molecule has 3 heterocycles. The highest BCUT2D eigenvalue weighted by Crippen LogP contribution is 2.28. The van der Waals surface area contributed by atoms with Crippen LogP contribution in [0.2, 0.25) is 0 Å². The van der Waals surface area contributed by atoms with Crippen LogP contribution in [0.3, 0.4) is 0 Å². The third-order valence-corrected chi connectivity index (χ3v) is 3.39. The molecular weight excluding hydrogens is 246 g/mol. The highest BCUT2D eigenvalue weighted by molar-refractivity contribution is 7.99. The fourth-order valence-electron chi connectivity index (χ4n) is 1.54. The highest BCUT2D eigenvalue weighted by Gasteiger charge is 2.09. The Labute approximate surface area is 107 Å². The topological polar surface area (TPSA) is 66.9 Å². The number of aromatic nitrogens is 4. The molecule has 3 rings (SSSR count). The average molecular weight is 253 g/mol. The smallest absolute Gasteiger partial charge is 0.200 e. The Kier molecular flexibility index (Phi) is 2.67. The van der Waals surface area contributed by atoms with Crippen molar-refractivity contribution in [1.29, 1.82) is 5.26 Å². The van der Waals surface area contributed by atoms with Gasteiger partial charge in [0, 0.05) is 18.6 Å². The van der Waals surface area contributed by atoms with Gasteiger partial charge in [-0.2, -0.15) is 5.26 Å². The Morgan fingerprint density at radius 1 is 1.22 bits per heavy atom. The van der Waals surface area contributed by atoms with E-state index in [9.17, 15) is 0 Å². The van der Waals surface area contributed by atoms with Crippen molar-refractivity contribution in [3.05, 3.63) is 48.4 Å². The van der Waals surface area contributed by atoms with Crippen LogP contribution in [0.4, 0.5) is 0 Å². The van der Waals surface area contributed by atoms with Crippen molar-refractivity contribution in [2.45, 2.75) is 10.1 Å². The van der Waals surface area contributed by atoms with E-state index >= 15 is 0 Å². The molecule has 0 amide bonds. The molecule has 5 nitrogen and oxygen atoms in total. The summed E-state index contributed by atoms with van der Waals surface area (Å²) >= 11 is 1.38. The molecule has 0 saturated carbocycles. The Balaban J connectivity index is 2.05. The van der Waals surface area contributed by atoms with Gasteiger partial charge in [0.2, 0.25) is 5.16 Å². The van der Waals surface area contributed by atoms with Crippen LogP contribution in [-0.4, -0.2) is 19.6 Å². The maximum atomic E-state index is 9.03. The number of fused-ring (bicyclic) bond motifs is 1. The fourth-order valence-corrected chi connectivity index (χ4v) is 2.41. The number of pyridine rings is 2. The van der Waals surface area contributed by atoms with Gasteiger partial charge in [0.05, 0.1) is 10.5 Å². The van der Waals surface area contributed by atoms with E-state index in [1.807, 2.05) is 28.8 Å². The molecule has 18 heavy (non-hydrogen) atoms. The second-order valence-corrected chi connectivity index (χ2v) is 4.51. The second kappa shape index (κ2) is 4.47. The van der Waals surface area contributed by atoms with E-state index in [1.54, 1.807) is 18.5 Å². The van der Waals surface area contributed by atoms with Crippen molar-refractivity contribution < 1.29 is 0 Å². The van der Waals surface area contributed by atoms with E-state index in [-0.39, 0.29) is 0 Å². The predicted octanol–water partition coefficient (Wildman–Crippen LogP) is 2.15. The van der Waals surface area contributed by atoms with E-state index in [1.165, 1.54) is 11.8 Å². The first kappa shape index (κ1) is 10.7. The molecule has 0 unspecified atom stereocenters. The molecule has 86 valence electrons. The van der Waals surface area contributed by atoms with Crippen LogP contribution in [-0.2, 0) is 0 Å². The van der Waals surface area contributed by atoms with E-state index in [0.717, 1.165) is 15.7 Å². The van der Waals surface area contributed by atoms with Gasteiger partial charge in [-0.3, -0.25) is 9.38 Å². The van der Waals surface area contributed by atoms with Crippen molar-refractivity contribution in [3.8, 4) is 6.07 Å². The monoisotopic (exact) mass is 253 g/mol. The fraction of sp³-hybridized carbons (Fsp3) is 0. The first-order valence-electron chi connectivity index (χ1n) is 5.20. The Bertz CT molecular complexity index is 743. The summed E-state index contributed by atoms with van der Waals surface area (Å²) in [6, 6.07) is 9.52. The Morgan fingerprint density at radius 3 is 3.06 bits per heavy atom. The van der Waals surface area contributed by atoms with E-state index < -0.39 is 0 Å². The molecule has 0 radical (unpaired) electrons. The quantitative estimate of drug-likeness (QED) is 0.700. The molecule has 0 bridgehead atoms. The number of hydrogen-bond acceptors (Lipinski definition) is 5. The molecule has 6 heteroatoms. The molecular formula is C12H7N5S. The molecule has 0 aromatic carbocycles. The van der Waals surface area contributed by atoms with Crippen LogP contribution < -0.4 is 0 Å². The van der Waals surface area contributed by atoms with Gasteiger partial charge in [0.1, 0.15) is 6.07 Å². The molecule has 0 spiro atoms. The van der Waals surface area contributed by atoms with Crippen molar-refractivity contribution in [2.75, 3.05) is 0 Å². The summed E-state index contributed by atoms with van der Waals surface area (Å²) in [6.45, 7) is 0. The number of rotatable bonds is 2. The lowest BCUT2D eigenvalue weighted by Gasteiger charge is -2.00. The van der Waals surface area contributed by atoms with Gasteiger partial charge < -0.3 is 0 Å². The lowest BCUT2D eigenvalue weighted by atomic mass is 10.3. The standard InChI is InChI=1S/C12H7N5S/c13-7-9-4-5-14-8-10(9)18-12-16-15-11-3-1-2-6-17(11)12/h1-6,8H. The zero-order valence-electron chi connectivity index (χ0n) is 9.19. The predicted molar refractivity (Wildman–Crippen MR) is 66.1 cm³/mol. The molecule has 0 aliphatic heterocycles. The average Bonchev–Trinajstić information content (AvgIpc) is 2.83. The first-order chi connectivity index (χ1) is 8.88. The van der Waals surface area contributed by atoms with Gasteiger partial charge in [-0.25, -0.2) is 0 Å². The van der Waals surface area contributed by atoms with Crippen molar-refractivity contribution in [3.63, 3.8) is 0 Å². The molecule has 0 saturated heterocycles. The van der Waals surface area contributed by atoms with E-state index in [2.05, 4.69) is 21.3 Å². The van der Waals surface area contributed by atoms with Crippen LogP contribution in [0.15, 0.2) is 52.9 Å². The normalized spacial score (nSPS) is 10.4. The third-order valence-electron chi connectivity index (χ3n) is 2.39. The minimum absolute atomic E-state index is 0.586. The van der Waals surface area contributed by atoms with Crippen LogP contribution >= 0.6 is 11.8 Å². The lowest BCUT2D eigenvalue weighted by molar-refractivity contribution is 0.920. The number of nitriles is 1. The summed E-state index contributed by atoms with van der Waals surface area (Å²) in [5, 5.41) is 17.9. The third kappa shape index (κ3) is 1.81. The van der Waals surface area contributed by atoms with Crippen LogP contribution in [0.5, 0.6) is 0 Å². The molecule has 0 aliphatic carbocycles. The van der Waals surface area contributed by atoms with Gasteiger partial charge in [-0.05, 0) is 30.0 Å². The van der Waals surface area contributed by atoms with Gasteiger partial charge in [-0.1, -0.05) is 6.07 Å². The molecule has 0 aliphatic rings. The zero-order chi connectivity index (χ0) is 12.4. The summed E-state index contributed by atoms with van der Waals surface area (Å²) < 4.78 is 1.87. The maximum absolute atomic E-state index is 9.03. The van der Waals surface area contributed by atoms with E-state index in [4.69, 9.17) is 5.26 Å². The largest absolute Gasteiger partial charge is 0.277 e. The van der Waals surface area contributed by atoms with Crippen molar-refractivity contribution in [2.24, 2.45) is 0 Å². The summed E-state index contributed by atoms with van der Waals surface area (Å²) in [6.07, 6.45) is 5.15. The van der Waals surface area contributed by atoms with Gasteiger partial charge in [0.15, 0.2) is 5.65 Å². The molecule has 0 atom stereocenters. The zero-order valence-corrected chi connectivity index (χ0v) is 10.0. The van der Waals surface area contributed by atoms with Crippen LogP contribution in [0.25, 0.3) is 5.65 Å².